The van der Waals surface area contributed by atoms with Gasteiger partial charge in [-0.05, 0) is 36.6 Å². The van der Waals surface area contributed by atoms with Crippen LogP contribution >= 0.6 is 0 Å². The van der Waals surface area contributed by atoms with Crippen molar-refractivity contribution >= 4 is 11.6 Å². The topological polar surface area (TPSA) is 47.6 Å². The fraction of sp³-hybridized carbons (Fsp3) is 0.316. The van der Waals surface area contributed by atoms with Crippen molar-refractivity contribution in [3.8, 4) is 11.5 Å². The van der Waals surface area contributed by atoms with Gasteiger partial charge >= 0.3 is 0 Å². The number of benzene rings is 2. The summed E-state index contributed by atoms with van der Waals surface area (Å²) in [4.78, 5) is 12.5. The van der Waals surface area contributed by atoms with Crippen LogP contribution in [0.2, 0.25) is 0 Å². The Bertz CT molecular complexity index is 655. The molecule has 0 aliphatic rings. The summed E-state index contributed by atoms with van der Waals surface area (Å²) in [6, 6.07) is 15.1. The molecule has 0 bridgehead atoms. The lowest BCUT2D eigenvalue weighted by molar-refractivity contribution is -0.122. The van der Waals surface area contributed by atoms with E-state index in [1.54, 1.807) is 13.2 Å². The molecule has 0 saturated carbocycles. The molecule has 2 rings (SSSR count). The molecule has 2 aromatic carbocycles. The number of rotatable bonds is 7. The van der Waals surface area contributed by atoms with Gasteiger partial charge in [-0.25, -0.2) is 0 Å². The second-order valence-electron chi connectivity index (χ2n) is 5.19. The molecule has 0 aliphatic heterocycles. The molecule has 122 valence electrons. The summed E-state index contributed by atoms with van der Waals surface area (Å²) < 4.78 is 11.0. The van der Waals surface area contributed by atoms with Crippen molar-refractivity contribution in [3.63, 3.8) is 0 Å². The lowest BCUT2D eigenvalue weighted by Gasteiger charge is -2.18. The first kappa shape index (κ1) is 16.9. The number of ether oxygens (including phenoxy) is 2. The molecular weight excluding hydrogens is 290 g/mol. The number of anilines is 1. The summed E-state index contributed by atoms with van der Waals surface area (Å²) in [7, 11) is 1.60. The average Bonchev–Trinajstić information content (AvgIpc) is 2.60. The van der Waals surface area contributed by atoms with E-state index in [0.29, 0.717) is 17.9 Å². The van der Waals surface area contributed by atoms with Gasteiger partial charge in [-0.1, -0.05) is 38.1 Å². The molecule has 1 N–H and O–H groups in total. The van der Waals surface area contributed by atoms with Crippen LogP contribution in [0.25, 0.3) is 0 Å². The third kappa shape index (κ3) is 4.49. The molecule has 0 aliphatic carbocycles. The highest BCUT2D eigenvalue weighted by Gasteiger charge is 2.19. The lowest BCUT2D eigenvalue weighted by atomic mass is 10.1. The number of para-hydroxylation sites is 1. The maximum Gasteiger partial charge on any atom is 0.265 e. The van der Waals surface area contributed by atoms with Gasteiger partial charge in [0.25, 0.3) is 5.91 Å². The minimum absolute atomic E-state index is 0.142. The Balaban J connectivity index is 2.09. The molecule has 1 amide bonds. The van der Waals surface area contributed by atoms with Crippen molar-refractivity contribution in [1.82, 2.24) is 0 Å². The van der Waals surface area contributed by atoms with Gasteiger partial charge in [0, 0.05) is 11.8 Å². The zero-order valence-corrected chi connectivity index (χ0v) is 13.8. The van der Waals surface area contributed by atoms with Crippen molar-refractivity contribution in [2.75, 3.05) is 12.4 Å². The summed E-state index contributed by atoms with van der Waals surface area (Å²) >= 11 is 0. The second-order valence-corrected chi connectivity index (χ2v) is 5.19. The Morgan fingerprint density at radius 2 is 1.83 bits per heavy atom. The minimum atomic E-state index is -0.549. The number of hydrogen-bond acceptors (Lipinski definition) is 3. The minimum Gasteiger partial charge on any atom is -0.497 e. The molecule has 23 heavy (non-hydrogen) atoms. The van der Waals surface area contributed by atoms with Gasteiger partial charge in [0.2, 0.25) is 0 Å². The van der Waals surface area contributed by atoms with E-state index in [2.05, 4.69) is 12.2 Å². The largest absolute Gasteiger partial charge is 0.497 e. The number of hydrogen-bond donors (Lipinski definition) is 1. The quantitative estimate of drug-likeness (QED) is 0.838. The van der Waals surface area contributed by atoms with E-state index in [4.69, 9.17) is 9.47 Å². The van der Waals surface area contributed by atoms with Crippen LogP contribution < -0.4 is 14.8 Å². The monoisotopic (exact) mass is 313 g/mol. The standard InChI is InChI=1S/C19H23NO3/c1-4-14-9-6-7-12-17(14)20-19(21)18(5-2)23-16-11-8-10-15(13-16)22-3/h6-13,18H,4-5H2,1-3H3,(H,20,21). The van der Waals surface area contributed by atoms with Crippen molar-refractivity contribution in [2.45, 2.75) is 32.8 Å². The zero-order chi connectivity index (χ0) is 16.7. The number of nitrogens with one attached hydrogen (secondary N) is 1. The Morgan fingerprint density at radius 1 is 1.09 bits per heavy atom. The molecule has 0 aromatic heterocycles. The van der Waals surface area contributed by atoms with Crippen molar-refractivity contribution in [1.29, 1.82) is 0 Å². The van der Waals surface area contributed by atoms with Gasteiger partial charge in [-0.3, -0.25) is 4.79 Å². The molecule has 0 heterocycles. The van der Waals surface area contributed by atoms with E-state index in [1.165, 1.54) is 0 Å². The van der Waals surface area contributed by atoms with Crippen LogP contribution in [0.15, 0.2) is 48.5 Å². The summed E-state index contributed by atoms with van der Waals surface area (Å²) in [5, 5.41) is 2.97. The molecule has 0 spiro atoms. The van der Waals surface area contributed by atoms with E-state index in [-0.39, 0.29) is 5.91 Å². The van der Waals surface area contributed by atoms with Crippen molar-refractivity contribution in [3.05, 3.63) is 54.1 Å². The number of carbonyl (C=O) groups is 1. The zero-order valence-electron chi connectivity index (χ0n) is 13.8. The average molecular weight is 313 g/mol. The first-order valence-electron chi connectivity index (χ1n) is 7.87. The van der Waals surface area contributed by atoms with Gasteiger partial charge in [0.15, 0.2) is 6.10 Å². The number of amides is 1. The van der Waals surface area contributed by atoms with Crippen LogP contribution in [0.5, 0.6) is 11.5 Å². The van der Waals surface area contributed by atoms with Gasteiger partial charge in [-0.2, -0.15) is 0 Å². The molecule has 4 heteroatoms. The van der Waals surface area contributed by atoms with Crippen LogP contribution in [0.1, 0.15) is 25.8 Å². The van der Waals surface area contributed by atoms with Crippen LogP contribution in [-0.2, 0) is 11.2 Å². The van der Waals surface area contributed by atoms with Crippen LogP contribution in [0.4, 0.5) is 5.69 Å². The molecule has 2 aromatic rings. The van der Waals surface area contributed by atoms with E-state index < -0.39 is 6.10 Å². The van der Waals surface area contributed by atoms with Gasteiger partial charge < -0.3 is 14.8 Å². The summed E-state index contributed by atoms with van der Waals surface area (Å²) in [5.41, 5.74) is 1.95. The fourth-order valence-corrected chi connectivity index (χ4v) is 2.32. The maximum atomic E-state index is 12.5. The first-order chi connectivity index (χ1) is 11.2. The Hall–Kier alpha value is -2.49. The molecule has 4 nitrogen and oxygen atoms in total. The van der Waals surface area contributed by atoms with Crippen LogP contribution in [0.3, 0.4) is 0 Å². The number of methoxy groups -OCH3 is 1. The molecular formula is C19H23NO3. The SMILES string of the molecule is CCc1ccccc1NC(=O)C(CC)Oc1cccc(OC)c1. The normalized spacial score (nSPS) is 11.6. The number of carbonyl (C=O) groups excluding carboxylic acids is 1. The maximum absolute atomic E-state index is 12.5. The van der Waals surface area contributed by atoms with E-state index in [1.807, 2.05) is 49.4 Å². The second kappa shape index (κ2) is 8.22. The smallest absolute Gasteiger partial charge is 0.265 e. The predicted octanol–water partition coefficient (Wildman–Crippen LogP) is 4.05. The third-order valence-electron chi connectivity index (χ3n) is 3.64. The van der Waals surface area contributed by atoms with Gasteiger partial charge in [-0.15, -0.1) is 0 Å². The summed E-state index contributed by atoms with van der Waals surface area (Å²) in [6.07, 6.45) is 0.897. The van der Waals surface area contributed by atoms with Crippen LogP contribution in [0, 0.1) is 0 Å². The molecule has 0 saturated heterocycles. The summed E-state index contributed by atoms with van der Waals surface area (Å²) in [6.45, 7) is 3.99. The molecule has 1 unspecified atom stereocenters. The highest BCUT2D eigenvalue weighted by molar-refractivity contribution is 5.95. The lowest BCUT2D eigenvalue weighted by Crippen LogP contribution is -2.32. The van der Waals surface area contributed by atoms with Crippen LogP contribution in [-0.4, -0.2) is 19.1 Å². The third-order valence-corrected chi connectivity index (χ3v) is 3.64. The highest BCUT2D eigenvalue weighted by Crippen LogP contribution is 2.22. The Labute approximate surface area is 137 Å². The Kier molecular flexibility index (Phi) is 6.03. The first-order valence-corrected chi connectivity index (χ1v) is 7.87. The fourth-order valence-electron chi connectivity index (χ4n) is 2.32. The predicted molar refractivity (Wildman–Crippen MR) is 92.2 cm³/mol. The molecule has 0 radical (unpaired) electrons. The van der Waals surface area contributed by atoms with E-state index in [0.717, 1.165) is 17.7 Å². The van der Waals surface area contributed by atoms with Crippen molar-refractivity contribution in [2.24, 2.45) is 0 Å². The highest BCUT2D eigenvalue weighted by atomic mass is 16.5. The number of aryl methyl sites for hydroxylation is 1. The van der Waals surface area contributed by atoms with Crippen molar-refractivity contribution < 1.29 is 14.3 Å². The molecule has 0 fully saturated rings. The summed E-state index contributed by atoms with van der Waals surface area (Å²) in [5.74, 6) is 1.18. The van der Waals surface area contributed by atoms with Gasteiger partial charge in [0.1, 0.15) is 11.5 Å². The molecule has 1 atom stereocenters. The van der Waals surface area contributed by atoms with Gasteiger partial charge in [0.05, 0.1) is 7.11 Å². The van der Waals surface area contributed by atoms with E-state index in [9.17, 15) is 4.79 Å². The Morgan fingerprint density at radius 3 is 2.52 bits per heavy atom. The van der Waals surface area contributed by atoms with E-state index >= 15 is 0 Å².